The average Bonchev–Trinajstić information content (AvgIpc) is 2.92. The predicted octanol–water partition coefficient (Wildman–Crippen LogP) is 2.45. The van der Waals surface area contributed by atoms with Crippen LogP contribution >= 0.6 is 0 Å². The summed E-state index contributed by atoms with van der Waals surface area (Å²) in [5, 5.41) is 4.45. The number of aldehydes is 1. The Bertz CT molecular complexity index is 750. The quantitative estimate of drug-likeness (QED) is 0.682. The van der Waals surface area contributed by atoms with Gasteiger partial charge in [-0.25, -0.2) is 9.67 Å². The van der Waals surface area contributed by atoms with E-state index in [9.17, 15) is 4.79 Å². The molecule has 0 radical (unpaired) electrons. The monoisotopic (exact) mass is 264 g/mol. The van der Waals surface area contributed by atoms with Crippen LogP contribution in [0.15, 0.2) is 49.1 Å². The van der Waals surface area contributed by atoms with Gasteiger partial charge in [-0.05, 0) is 36.8 Å². The van der Waals surface area contributed by atoms with E-state index >= 15 is 0 Å². The third-order valence-electron chi connectivity index (χ3n) is 2.94. The maximum Gasteiger partial charge on any atom is 0.153 e. The van der Waals surface area contributed by atoms with Gasteiger partial charge in [0.1, 0.15) is 5.69 Å². The van der Waals surface area contributed by atoms with Gasteiger partial charge in [-0.15, -0.1) is 0 Å². The first kappa shape index (κ1) is 12.2. The van der Waals surface area contributed by atoms with Crippen molar-refractivity contribution >= 4 is 6.29 Å². The normalized spacial score (nSPS) is 10.4. The molecule has 3 aromatic heterocycles. The Balaban J connectivity index is 2.12. The number of carbonyl (C=O) groups is 1. The zero-order chi connectivity index (χ0) is 13.9. The van der Waals surface area contributed by atoms with Gasteiger partial charge in [0.05, 0.1) is 5.56 Å². The summed E-state index contributed by atoms with van der Waals surface area (Å²) in [7, 11) is 0. The number of carbonyl (C=O) groups excluding carboxylic acids is 1. The average molecular weight is 264 g/mol. The Kier molecular flexibility index (Phi) is 3.09. The molecule has 0 unspecified atom stereocenters. The Morgan fingerprint density at radius 1 is 1.25 bits per heavy atom. The van der Waals surface area contributed by atoms with Crippen LogP contribution in [-0.2, 0) is 0 Å². The van der Waals surface area contributed by atoms with Crippen molar-refractivity contribution in [2.45, 2.75) is 6.92 Å². The molecule has 0 N–H and O–H groups in total. The fourth-order valence-electron chi connectivity index (χ4n) is 1.96. The molecule has 0 atom stereocenters. The van der Waals surface area contributed by atoms with Crippen molar-refractivity contribution in [1.82, 2.24) is 19.7 Å². The van der Waals surface area contributed by atoms with E-state index < -0.39 is 0 Å². The van der Waals surface area contributed by atoms with Gasteiger partial charge in [0.2, 0.25) is 0 Å². The molecule has 0 spiro atoms. The maximum absolute atomic E-state index is 11.2. The summed E-state index contributed by atoms with van der Waals surface area (Å²) in [4.78, 5) is 19.5. The lowest BCUT2D eigenvalue weighted by atomic mass is 10.1. The number of hydrogen-bond donors (Lipinski definition) is 0. The van der Waals surface area contributed by atoms with Gasteiger partial charge < -0.3 is 0 Å². The van der Waals surface area contributed by atoms with Gasteiger partial charge in [-0.1, -0.05) is 0 Å². The van der Waals surface area contributed by atoms with Crippen LogP contribution in [0.1, 0.15) is 15.9 Å². The summed E-state index contributed by atoms with van der Waals surface area (Å²) in [6.45, 7) is 1.98. The first-order valence-electron chi connectivity index (χ1n) is 6.16. The van der Waals surface area contributed by atoms with Crippen LogP contribution in [0.5, 0.6) is 0 Å². The zero-order valence-corrected chi connectivity index (χ0v) is 10.9. The van der Waals surface area contributed by atoms with E-state index in [1.165, 1.54) is 0 Å². The molecule has 3 heterocycles. The topological polar surface area (TPSA) is 60.7 Å². The van der Waals surface area contributed by atoms with Crippen LogP contribution in [0.25, 0.3) is 17.1 Å². The number of hydrogen-bond acceptors (Lipinski definition) is 4. The van der Waals surface area contributed by atoms with Crippen molar-refractivity contribution in [3.8, 4) is 17.1 Å². The summed E-state index contributed by atoms with van der Waals surface area (Å²) in [6, 6.07) is 7.51. The maximum atomic E-state index is 11.2. The van der Waals surface area contributed by atoms with Gasteiger partial charge in [0, 0.05) is 30.4 Å². The van der Waals surface area contributed by atoms with Crippen molar-refractivity contribution in [1.29, 1.82) is 0 Å². The zero-order valence-electron chi connectivity index (χ0n) is 10.9. The van der Waals surface area contributed by atoms with Crippen LogP contribution < -0.4 is 0 Å². The summed E-state index contributed by atoms with van der Waals surface area (Å²) in [6.07, 6.45) is 7.56. The van der Waals surface area contributed by atoms with E-state index in [0.717, 1.165) is 17.4 Å². The number of rotatable bonds is 3. The van der Waals surface area contributed by atoms with E-state index in [1.54, 1.807) is 29.5 Å². The van der Waals surface area contributed by atoms with Crippen LogP contribution in [0.2, 0.25) is 0 Å². The van der Waals surface area contributed by atoms with E-state index in [-0.39, 0.29) is 0 Å². The van der Waals surface area contributed by atoms with Crippen molar-refractivity contribution in [2.75, 3.05) is 0 Å². The molecule has 0 amide bonds. The summed E-state index contributed by atoms with van der Waals surface area (Å²) < 4.78 is 1.61. The molecule has 0 aliphatic heterocycles. The molecule has 0 saturated heterocycles. The number of aryl methyl sites for hydroxylation is 1. The highest BCUT2D eigenvalue weighted by atomic mass is 16.1. The molecule has 0 aromatic carbocycles. The SMILES string of the molecule is Cc1ccnc(-n2cc(C=O)c(-c3cccnc3)n2)c1. The second-order valence-corrected chi connectivity index (χ2v) is 4.43. The molecule has 0 aliphatic rings. The summed E-state index contributed by atoms with van der Waals surface area (Å²) in [5.41, 5.74) is 3.01. The standard InChI is InChI=1S/C15H12N4O/c1-11-4-6-17-14(7-11)19-9-13(10-20)15(18-19)12-3-2-5-16-8-12/h2-10H,1H3. The molecular formula is C15H12N4O. The van der Waals surface area contributed by atoms with Gasteiger partial charge in [-0.2, -0.15) is 5.10 Å². The molecule has 3 aromatic rings. The molecule has 98 valence electrons. The molecule has 5 heteroatoms. The number of pyridine rings is 2. The molecule has 0 saturated carbocycles. The Morgan fingerprint density at radius 3 is 2.85 bits per heavy atom. The minimum atomic E-state index is 0.515. The highest BCUT2D eigenvalue weighted by Gasteiger charge is 2.12. The molecular weight excluding hydrogens is 252 g/mol. The van der Waals surface area contributed by atoms with Crippen LogP contribution in [-0.4, -0.2) is 26.0 Å². The van der Waals surface area contributed by atoms with Gasteiger partial charge >= 0.3 is 0 Å². The molecule has 3 rings (SSSR count). The third-order valence-corrected chi connectivity index (χ3v) is 2.94. The van der Waals surface area contributed by atoms with Crippen LogP contribution in [0.3, 0.4) is 0 Å². The minimum absolute atomic E-state index is 0.515. The second kappa shape index (κ2) is 5.05. The fraction of sp³-hybridized carbons (Fsp3) is 0.0667. The third kappa shape index (κ3) is 2.21. The Labute approximate surface area is 115 Å². The van der Waals surface area contributed by atoms with E-state index in [0.29, 0.717) is 17.1 Å². The molecule has 5 nitrogen and oxygen atoms in total. The van der Waals surface area contributed by atoms with Crippen LogP contribution in [0, 0.1) is 6.92 Å². The Hall–Kier alpha value is -2.82. The molecule has 0 aliphatic carbocycles. The number of nitrogens with zero attached hydrogens (tertiary/aromatic N) is 4. The second-order valence-electron chi connectivity index (χ2n) is 4.43. The van der Waals surface area contributed by atoms with Gasteiger partial charge in [0.15, 0.2) is 12.1 Å². The molecule has 20 heavy (non-hydrogen) atoms. The van der Waals surface area contributed by atoms with Crippen molar-refractivity contribution in [3.63, 3.8) is 0 Å². The lowest BCUT2D eigenvalue weighted by Crippen LogP contribution is -1.98. The first-order chi connectivity index (χ1) is 9.78. The predicted molar refractivity (Wildman–Crippen MR) is 74.7 cm³/mol. The van der Waals surface area contributed by atoms with Crippen LogP contribution in [0.4, 0.5) is 0 Å². The summed E-state index contributed by atoms with van der Waals surface area (Å²) >= 11 is 0. The molecule has 0 fully saturated rings. The largest absolute Gasteiger partial charge is 0.298 e. The lowest BCUT2D eigenvalue weighted by molar-refractivity contribution is 0.112. The van der Waals surface area contributed by atoms with E-state index in [2.05, 4.69) is 15.1 Å². The highest BCUT2D eigenvalue weighted by molar-refractivity contribution is 5.85. The fourth-order valence-corrected chi connectivity index (χ4v) is 1.96. The highest BCUT2D eigenvalue weighted by Crippen LogP contribution is 2.21. The number of aromatic nitrogens is 4. The van der Waals surface area contributed by atoms with E-state index in [1.807, 2.05) is 31.2 Å². The van der Waals surface area contributed by atoms with Crippen molar-refractivity contribution < 1.29 is 4.79 Å². The van der Waals surface area contributed by atoms with E-state index in [4.69, 9.17) is 0 Å². The van der Waals surface area contributed by atoms with Gasteiger partial charge in [0.25, 0.3) is 0 Å². The van der Waals surface area contributed by atoms with Gasteiger partial charge in [-0.3, -0.25) is 9.78 Å². The smallest absolute Gasteiger partial charge is 0.153 e. The molecule has 0 bridgehead atoms. The minimum Gasteiger partial charge on any atom is -0.298 e. The lowest BCUT2D eigenvalue weighted by Gasteiger charge is -2.00. The van der Waals surface area contributed by atoms with Crippen molar-refractivity contribution in [3.05, 3.63) is 60.2 Å². The first-order valence-corrected chi connectivity index (χ1v) is 6.16. The Morgan fingerprint density at radius 2 is 2.15 bits per heavy atom. The summed E-state index contributed by atoms with van der Waals surface area (Å²) in [5.74, 6) is 0.684. The van der Waals surface area contributed by atoms with Crippen molar-refractivity contribution in [2.24, 2.45) is 0 Å².